The Morgan fingerprint density at radius 1 is 1.00 bits per heavy atom. The summed E-state index contributed by atoms with van der Waals surface area (Å²) in [6.07, 6.45) is -3.28. The molecule has 2 aromatic carbocycles. The molecule has 0 spiro atoms. The van der Waals surface area contributed by atoms with Crippen LogP contribution >= 0.6 is 0 Å². The first-order valence-electron chi connectivity index (χ1n) is 15.7. The number of alkyl halides is 3. The molecule has 9 nitrogen and oxygen atoms in total. The van der Waals surface area contributed by atoms with E-state index in [1.165, 1.54) is 17.0 Å². The molecule has 12 heteroatoms. The van der Waals surface area contributed by atoms with Gasteiger partial charge in [-0.1, -0.05) is 59.7 Å². The zero-order valence-electron chi connectivity index (χ0n) is 28.8. The van der Waals surface area contributed by atoms with Crippen LogP contribution < -0.4 is 19.7 Å². The summed E-state index contributed by atoms with van der Waals surface area (Å²) in [6, 6.07) is 11.3. The van der Waals surface area contributed by atoms with Crippen molar-refractivity contribution < 1.29 is 37.3 Å². The average molecular weight is 671 g/mol. The number of benzene rings is 2. The van der Waals surface area contributed by atoms with E-state index in [0.29, 0.717) is 23.7 Å². The number of carbonyl (C=O) groups excluding carboxylic acids is 1. The van der Waals surface area contributed by atoms with Crippen molar-refractivity contribution in [3.05, 3.63) is 83.0 Å². The summed E-state index contributed by atoms with van der Waals surface area (Å²) in [5.41, 5.74) is 1.83. The molecule has 48 heavy (non-hydrogen) atoms. The molecule has 2 N–H and O–H groups in total. The SMILES string of the molecule is COc1ccc(C(C)(C)C)cc1CN[C@H]1[C@H](C(C)(C)C)[C@@H](C(=O)O)N(C(=O)c2ccc(OC(F)(F)F)cc2)[C@H]1c1cccnc1N(C)C. The molecule has 1 aliphatic rings. The van der Waals surface area contributed by atoms with Crippen LogP contribution in [0.5, 0.6) is 11.5 Å². The second kappa shape index (κ2) is 13.7. The molecule has 1 saturated heterocycles. The number of pyridine rings is 1. The number of amides is 1. The van der Waals surface area contributed by atoms with Gasteiger partial charge in [-0.05, 0) is 52.8 Å². The number of ether oxygens (including phenoxy) is 2. The molecule has 0 radical (unpaired) electrons. The fourth-order valence-electron chi connectivity index (χ4n) is 6.60. The third kappa shape index (κ3) is 7.86. The van der Waals surface area contributed by atoms with Gasteiger partial charge in [-0.15, -0.1) is 13.2 Å². The largest absolute Gasteiger partial charge is 0.573 e. The predicted octanol–water partition coefficient (Wildman–Crippen LogP) is 6.82. The highest BCUT2D eigenvalue weighted by Gasteiger charge is 2.58. The fraction of sp³-hybridized carbons (Fsp3) is 0.472. The Morgan fingerprint density at radius 2 is 1.65 bits per heavy atom. The summed E-state index contributed by atoms with van der Waals surface area (Å²) in [5, 5.41) is 14.5. The van der Waals surface area contributed by atoms with E-state index in [4.69, 9.17) is 4.74 Å². The van der Waals surface area contributed by atoms with Crippen LogP contribution in [0.3, 0.4) is 0 Å². The number of nitrogens with zero attached hydrogens (tertiary/aromatic N) is 3. The molecule has 260 valence electrons. The quantitative estimate of drug-likeness (QED) is 0.256. The molecular formula is C36H45F3N4O5. The van der Waals surface area contributed by atoms with Gasteiger partial charge in [-0.3, -0.25) is 4.79 Å². The number of carboxylic acid groups (broad SMARTS) is 1. The Kier molecular flexibility index (Phi) is 10.4. The topological polar surface area (TPSA) is 104 Å². The van der Waals surface area contributed by atoms with E-state index in [2.05, 4.69) is 41.9 Å². The summed E-state index contributed by atoms with van der Waals surface area (Å²) in [7, 11) is 5.22. The number of aliphatic carboxylic acids is 1. The van der Waals surface area contributed by atoms with Crippen molar-refractivity contribution in [2.75, 3.05) is 26.1 Å². The van der Waals surface area contributed by atoms with Crippen LogP contribution in [-0.4, -0.2) is 66.5 Å². The molecule has 1 amide bonds. The summed E-state index contributed by atoms with van der Waals surface area (Å²) < 4.78 is 48.3. The van der Waals surface area contributed by atoms with Crippen LogP contribution in [0.4, 0.5) is 19.0 Å². The molecule has 0 saturated carbocycles. The molecule has 1 fully saturated rings. The third-order valence-corrected chi connectivity index (χ3v) is 8.72. The molecule has 0 aliphatic carbocycles. The molecular weight excluding hydrogens is 625 g/mol. The Morgan fingerprint density at radius 3 is 2.17 bits per heavy atom. The van der Waals surface area contributed by atoms with E-state index in [1.807, 2.05) is 53.1 Å². The van der Waals surface area contributed by atoms with Gasteiger partial charge in [-0.25, -0.2) is 9.78 Å². The number of hydrogen-bond donors (Lipinski definition) is 2. The van der Waals surface area contributed by atoms with Gasteiger partial charge in [0.05, 0.1) is 13.2 Å². The normalized spacial score (nSPS) is 20.0. The van der Waals surface area contributed by atoms with Crippen LogP contribution in [0.2, 0.25) is 0 Å². The van der Waals surface area contributed by atoms with Crippen LogP contribution in [0.25, 0.3) is 0 Å². The molecule has 4 atom stereocenters. The first-order valence-corrected chi connectivity index (χ1v) is 15.7. The minimum atomic E-state index is -4.91. The number of methoxy groups -OCH3 is 1. The van der Waals surface area contributed by atoms with Gasteiger partial charge < -0.3 is 29.7 Å². The van der Waals surface area contributed by atoms with Gasteiger partial charge in [0.25, 0.3) is 5.91 Å². The van der Waals surface area contributed by atoms with Crippen LogP contribution in [0.15, 0.2) is 60.8 Å². The zero-order valence-corrected chi connectivity index (χ0v) is 28.8. The predicted molar refractivity (Wildman–Crippen MR) is 177 cm³/mol. The Hall–Kier alpha value is -4.32. The van der Waals surface area contributed by atoms with Gasteiger partial charge >= 0.3 is 12.3 Å². The standard InChI is InChI=1S/C36H45F3N4O5/c1-34(2,3)23-14-17-26(47-9)22(19-23)20-41-28-27(35(4,5)6)30(33(45)46)43(29(28)25-11-10-18-40-31(25)42(7)8)32(44)21-12-15-24(16-13-21)48-36(37,38)39/h10-19,27-30,41H,20H2,1-9H3,(H,45,46)/t27-,28-,29-,30-/m0/s1. The lowest BCUT2D eigenvalue weighted by atomic mass is 9.72. The van der Waals surface area contributed by atoms with Gasteiger partial charge in [0.15, 0.2) is 0 Å². The Balaban J connectivity index is 1.90. The van der Waals surface area contributed by atoms with E-state index in [-0.39, 0.29) is 11.0 Å². The highest BCUT2D eigenvalue weighted by Crippen LogP contribution is 2.50. The molecule has 1 aliphatic heterocycles. The minimum absolute atomic E-state index is 0.0175. The van der Waals surface area contributed by atoms with E-state index in [1.54, 1.807) is 24.3 Å². The lowest BCUT2D eigenvalue weighted by Gasteiger charge is -2.35. The number of carboxylic acids is 1. The van der Waals surface area contributed by atoms with E-state index < -0.39 is 53.4 Å². The second-order valence-corrected chi connectivity index (χ2v) is 14.4. The van der Waals surface area contributed by atoms with Crippen molar-refractivity contribution >= 4 is 17.7 Å². The number of rotatable bonds is 9. The highest BCUT2D eigenvalue weighted by molar-refractivity contribution is 5.98. The van der Waals surface area contributed by atoms with E-state index in [0.717, 1.165) is 23.3 Å². The third-order valence-electron chi connectivity index (χ3n) is 8.72. The van der Waals surface area contributed by atoms with E-state index >= 15 is 0 Å². The van der Waals surface area contributed by atoms with Gasteiger partial charge in [0.2, 0.25) is 0 Å². The van der Waals surface area contributed by atoms with Crippen LogP contribution in [0, 0.1) is 11.3 Å². The maximum atomic E-state index is 14.5. The van der Waals surface area contributed by atoms with Crippen molar-refractivity contribution in [2.45, 2.75) is 78.0 Å². The van der Waals surface area contributed by atoms with Crippen molar-refractivity contribution in [1.82, 2.24) is 15.2 Å². The zero-order chi connectivity index (χ0) is 35.8. The van der Waals surface area contributed by atoms with Crippen molar-refractivity contribution in [1.29, 1.82) is 0 Å². The van der Waals surface area contributed by atoms with Gasteiger partial charge in [0, 0.05) is 55.5 Å². The maximum Gasteiger partial charge on any atom is 0.573 e. The highest BCUT2D eigenvalue weighted by atomic mass is 19.4. The summed E-state index contributed by atoms with van der Waals surface area (Å²) in [6.45, 7) is 12.5. The Bertz CT molecular complexity index is 1610. The second-order valence-electron chi connectivity index (χ2n) is 14.4. The number of aromatic nitrogens is 1. The van der Waals surface area contributed by atoms with Gasteiger partial charge in [0.1, 0.15) is 23.4 Å². The summed E-state index contributed by atoms with van der Waals surface area (Å²) in [5.74, 6) is -1.75. The molecule has 0 unspecified atom stereocenters. The number of hydrogen-bond acceptors (Lipinski definition) is 7. The summed E-state index contributed by atoms with van der Waals surface area (Å²) in [4.78, 5) is 35.5. The number of anilines is 1. The number of halogens is 3. The molecule has 2 heterocycles. The number of likely N-dealkylation sites (tertiary alicyclic amines) is 1. The van der Waals surface area contributed by atoms with E-state index in [9.17, 15) is 27.9 Å². The molecule has 3 aromatic rings. The van der Waals surface area contributed by atoms with Gasteiger partial charge in [-0.2, -0.15) is 0 Å². The van der Waals surface area contributed by atoms with Crippen molar-refractivity contribution in [3.63, 3.8) is 0 Å². The smallest absolute Gasteiger partial charge is 0.496 e. The van der Waals surface area contributed by atoms with Crippen LogP contribution in [-0.2, 0) is 16.8 Å². The monoisotopic (exact) mass is 670 g/mol. The minimum Gasteiger partial charge on any atom is -0.496 e. The first-order chi connectivity index (χ1) is 22.2. The summed E-state index contributed by atoms with van der Waals surface area (Å²) >= 11 is 0. The Labute approximate surface area is 280 Å². The first kappa shape index (κ1) is 36.5. The molecule has 4 rings (SSSR count). The maximum absolute atomic E-state index is 14.5. The fourth-order valence-corrected chi connectivity index (χ4v) is 6.60. The number of carbonyl (C=O) groups is 2. The lowest BCUT2D eigenvalue weighted by molar-refractivity contribution is -0.274. The molecule has 1 aromatic heterocycles. The molecule has 0 bridgehead atoms. The van der Waals surface area contributed by atoms with Crippen molar-refractivity contribution in [2.24, 2.45) is 11.3 Å². The van der Waals surface area contributed by atoms with Crippen molar-refractivity contribution in [3.8, 4) is 11.5 Å². The van der Waals surface area contributed by atoms with Crippen LogP contribution in [0.1, 0.15) is 74.6 Å². The lowest BCUT2D eigenvalue weighted by Crippen LogP contribution is -2.48. The average Bonchev–Trinajstić information content (AvgIpc) is 3.34. The number of nitrogens with one attached hydrogen (secondary N) is 1.